The first-order valence-corrected chi connectivity index (χ1v) is 11.1. The molecule has 168 valence electrons. The van der Waals surface area contributed by atoms with Gasteiger partial charge in [-0.1, -0.05) is 47.7 Å². The molecule has 33 heavy (non-hydrogen) atoms. The average molecular weight is 461 g/mol. The van der Waals surface area contributed by atoms with E-state index in [0.29, 0.717) is 28.6 Å². The van der Waals surface area contributed by atoms with E-state index in [1.54, 1.807) is 38.6 Å². The lowest BCUT2D eigenvalue weighted by atomic mass is 10.0. The van der Waals surface area contributed by atoms with E-state index in [-0.39, 0.29) is 5.91 Å². The molecule has 0 spiro atoms. The highest BCUT2D eigenvalue weighted by Gasteiger charge is 2.21. The van der Waals surface area contributed by atoms with Crippen molar-refractivity contribution in [1.29, 1.82) is 0 Å². The van der Waals surface area contributed by atoms with E-state index < -0.39 is 0 Å². The molecule has 2 aromatic heterocycles. The molecule has 1 N–H and O–H groups in total. The van der Waals surface area contributed by atoms with Crippen LogP contribution in [0.4, 0.5) is 5.13 Å². The van der Waals surface area contributed by atoms with Gasteiger partial charge in [-0.05, 0) is 18.6 Å². The number of carbonyl (C=O) groups is 1. The summed E-state index contributed by atoms with van der Waals surface area (Å²) in [6.45, 7) is 3.79. The number of nitrogens with zero attached hydrogens (tertiary/aromatic N) is 3. The van der Waals surface area contributed by atoms with Crippen LogP contribution in [-0.4, -0.2) is 34.7 Å². The zero-order valence-electron chi connectivity index (χ0n) is 18.7. The number of allylic oxidation sites excluding steroid dienone is 1. The van der Waals surface area contributed by atoms with Crippen molar-refractivity contribution in [1.82, 2.24) is 14.5 Å². The van der Waals surface area contributed by atoms with Crippen LogP contribution in [0.15, 0.2) is 67.5 Å². The molecule has 7 nitrogen and oxygen atoms in total. The fourth-order valence-corrected chi connectivity index (χ4v) is 4.57. The minimum absolute atomic E-state index is 0.291. The van der Waals surface area contributed by atoms with Crippen LogP contribution in [0.25, 0.3) is 22.0 Å². The Labute approximate surface area is 196 Å². The molecule has 1 amide bonds. The topological polar surface area (TPSA) is 78.3 Å². The molecule has 0 aliphatic rings. The molecule has 2 heterocycles. The second-order valence-corrected chi connectivity index (χ2v) is 8.24. The van der Waals surface area contributed by atoms with E-state index >= 15 is 0 Å². The summed E-state index contributed by atoms with van der Waals surface area (Å²) in [4.78, 5) is 23.3. The first-order valence-electron chi connectivity index (χ1n) is 10.3. The van der Waals surface area contributed by atoms with Gasteiger partial charge in [-0.15, -0.1) is 6.58 Å². The smallest absolute Gasteiger partial charge is 0.257 e. The lowest BCUT2D eigenvalue weighted by Gasteiger charge is -2.14. The number of hydrogen-bond donors (Lipinski definition) is 1. The van der Waals surface area contributed by atoms with Crippen molar-refractivity contribution in [2.75, 3.05) is 19.5 Å². The van der Waals surface area contributed by atoms with Gasteiger partial charge in [0.2, 0.25) is 0 Å². The molecule has 0 fully saturated rings. The first kappa shape index (κ1) is 22.3. The minimum atomic E-state index is -0.291. The van der Waals surface area contributed by atoms with Crippen LogP contribution in [0.5, 0.6) is 11.5 Å². The number of aryl methyl sites for hydroxylation is 1. The number of methoxy groups -OCH3 is 2. The van der Waals surface area contributed by atoms with E-state index in [1.807, 2.05) is 48.1 Å². The van der Waals surface area contributed by atoms with Crippen LogP contribution in [0, 0.1) is 0 Å². The van der Waals surface area contributed by atoms with E-state index in [4.69, 9.17) is 14.5 Å². The number of hydrogen-bond acceptors (Lipinski definition) is 6. The van der Waals surface area contributed by atoms with Crippen LogP contribution in [0.3, 0.4) is 0 Å². The highest BCUT2D eigenvalue weighted by molar-refractivity contribution is 7.19. The second-order valence-electron chi connectivity index (χ2n) is 7.24. The minimum Gasteiger partial charge on any atom is -0.493 e. The van der Waals surface area contributed by atoms with Crippen molar-refractivity contribution in [2.24, 2.45) is 7.05 Å². The van der Waals surface area contributed by atoms with Crippen molar-refractivity contribution in [2.45, 2.75) is 6.42 Å². The summed E-state index contributed by atoms with van der Waals surface area (Å²) in [5, 5.41) is 3.42. The predicted octanol–water partition coefficient (Wildman–Crippen LogP) is 5.21. The maximum atomic E-state index is 13.2. The maximum Gasteiger partial charge on any atom is 0.257 e. The summed E-state index contributed by atoms with van der Waals surface area (Å²) in [7, 11) is 5.05. The Morgan fingerprint density at radius 1 is 1.21 bits per heavy atom. The Morgan fingerprint density at radius 3 is 2.64 bits per heavy atom. The van der Waals surface area contributed by atoms with Gasteiger partial charge in [0, 0.05) is 36.1 Å². The number of imidazole rings is 1. The fraction of sp³-hybridized carbons (Fsp3) is 0.160. The summed E-state index contributed by atoms with van der Waals surface area (Å²) < 4.78 is 12.8. The standard InChI is InChI=1S/C25H24N4O3S/c1-5-9-17-14-18(15-19(31-3)21(17)32-4)24(30)28-25-27-20(16-10-7-6-8-11-16)22(33-25)23-26-12-13-29(23)2/h5-8,10-15H,1,9H2,2-4H3,(H,27,28,30). The van der Waals surface area contributed by atoms with Crippen molar-refractivity contribution >= 4 is 22.4 Å². The van der Waals surface area contributed by atoms with Gasteiger partial charge in [0.25, 0.3) is 5.91 Å². The van der Waals surface area contributed by atoms with Crippen molar-refractivity contribution in [3.8, 4) is 33.5 Å². The third-order valence-corrected chi connectivity index (χ3v) is 6.07. The molecule has 0 radical (unpaired) electrons. The average Bonchev–Trinajstić information content (AvgIpc) is 3.44. The van der Waals surface area contributed by atoms with Crippen LogP contribution in [-0.2, 0) is 13.5 Å². The quantitative estimate of drug-likeness (QED) is 0.365. The molecule has 2 aromatic carbocycles. The molecule has 0 aliphatic heterocycles. The Hall–Kier alpha value is -3.91. The lowest BCUT2D eigenvalue weighted by Crippen LogP contribution is -2.13. The van der Waals surface area contributed by atoms with E-state index in [9.17, 15) is 4.79 Å². The van der Waals surface area contributed by atoms with Gasteiger partial charge < -0.3 is 14.0 Å². The second kappa shape index (κ2) is 9.70. The van der Waals surface area contributed by atoms with Gasteiger partial charge in [-0.25, -0.2) is 9.97 Å². The fourth-order valence-electron chi connectivity index (χ4n) is 3.55. The number of aromatic nitrogens is 3. The van der Waals surface area contributed by atoms with Crippen LogP contribution < -0.4 is 14.8 Å². The number of anilines is 1. The number of ether oxygens (including phenoxy) is 2. The Bertz CT molecular complexity index is 1290. The SMILES string of the molecule is C=CCc1cc(C(=O)Nc2nc(-c3ccccc3)c(-c3nccn3C)s2)cc(OC)c1OC. The zero-order valence-corrected chi connectivity index (χ0v) is 19.5. The number of thiazole rings is 1. The van der Waals surface area contributed by atoms with Crippen molar-refractivity contribution in [3.63, 3.8) is 0 Å². The largest absolute Gasteiger partial charge is 0.493 e. The first-order chi connectivity index (χ1) is 16.0. The zero-order chi connectivity index (χ0) is 23.4. The Morgan fingerprint density at radius 2 is 2.00 bits per heavy atom. The predicted molar refractivity (Wildman–Crippen MR) is 131 cm³/mol. The molecule has 0 saturated heterocycles. The third-order valence-electron chi connectivity index (χ3n) is 5.10. The molecule has 0 atom stereocenters. The molecule has 0 bridgehead atoms. The number of rotatable bonds is 8. The third kappa shape index (κ3) is 4.51. The van der Waals surface area contributed by atoms with E-state index in [1.165, 1.54) is 11.3 Å². The summed E-state index contributed by atoms with van der Waals surface area (Å²) >= 11 is 1.38. The van der Waals surface area contributed by atoms with Gasteiger partial charge >= 0.3 is 0 Å². The summed E-state index contributed by atoms with van der Waals surface area (Å²) in [6.07, 6.45) is 5.92. The number of nitrogens with one attached hydrogen (secondary N) is 1. The van der Waals surface area contributed by atoms with Crippen LogP contribution in [0.2, 0.25) is 0 Å². The van der Waals surface area contributed by atoms with Gasteiger partial charge in [0.15, 0.2) is 22.5 Å². The molecule has 4 rings (SSSR count). The van der Waals surface area contributed by atoms with E-state index in [0.717, 1.165) is 27.5 Å². The maximum absolute atomic E-state index is 13.2. The monoisotopic (exact) mass is 460 g/mol. The molecular weight excluding hydrogens is 436 g/mol. The van der Waals surface area contributed by atoms with E-state index in [2.05, 4.69) is 16.9 Å². The van der Waals surface area contributed by atoms with Crippen LogP contribution >= 0.6 is 11.3 Å². The van der Waals surface area contributed by atoms with Crippen molar-refractivity contribution < 1.29 is 14.3 Å². The highest BCUT2D eigenvalue weighted by Crippen LogP contribution is 2.39. The van der Waals surface area contributed by atoms with Gasteiger partial charge in [0.05, 0.1) is 24.8 Å². The Balaban J connectivity index is 1.72. The molecule has 8 heteroatoms. The summed E-state index contributed by atoms with van der Waals surface area (Å²) in [5.74, 6) is 1.57. The Kier molecular flexibility index (Phi) is 6.55. The molecule has 0 unspecified atom stereocenters. The van der Waals surface area contributed by atoms with Crippen LogP contribution in [0.1, 0.15) is 15.9 Å². The molecule has 4 aromatic rings. The highest BCUT2D eigenvalue weighted by atomic mass is 32.1. The summed E-state index contributed by atoms with van der Waals surface area (Å²) in [5.41, 5.74) is 2.98. The van der Waals surface area contributed by atoms with Gasteiger partial charge in [0.1, 0.15) is 0 Å². The molecule has 0 saturated carbocycles. The number of carbonyl (C=O) groups excluding carboxylic acids is 1. The normalized spacial score (nSPS) is 10.6. The number of benzene rings is 2. The molecule has 0 aliphatic carbocycles. The van der Waals surface area contributed by atoms with Gasteiger partial charge in [-0.2, -0.15) is 0 Å². The van der Waals surface area contributed by atoms with Crippen molar-refractivity contribution in [3.05, 3.63) is 78.6 Å². The summed E-state index contributed by atoms with van der Waals surface area (Å²) in [6, 6.07) is 13.3. The molecular formula is C25H24N4O3S. The number of amides is 1. The van der Waals surface area contributed by atoms with Gasteiger partial charge in [-0.3, -0.25) is 10.1 Å². The lowest BCUT2D eigenvalue weighted by molar-refractivity contribution is 0.102.